The predicted molar refractivity (Wildman–Crippen MR) is 90.7 cm³/mol. The van der Waals surface area contributed by atoms with Crippen molar-refractivity contribution in [3.63, 3.8) is 0 Å². The first-order valence-electron chi connectivity index (χ1n) is 6.82. The molecule has 0 fully saturated rings. The van der Waals surface area contributed by atoms with E-state index in [1.165, 1.54) is 6.20 Å². The highest BCUT2D eigenvalue weighted by atomic mass is 35.5. The van der Waals surface area contributed by atoms with Crippen molar-refractivity contribution in [1.82, 2.24) is 4.98 Å². The van der Waals surface area contributed by atoms with E-state index in [-0.39, 0.29) is 27.6 Å². The highest BCUT2D eigenvalue weighted by Crippen LogP contribution is 2.34. The minimum Gasteiger partial charge on any atom is -0.454 e. The smallest absolute Gasteiger partial charge is 0.359 e. The normalized spacial score (nSPS) is 12.0. The van der Waals surface area contributed by atoms with Gasteiger partial charge < -0.3 is 19.5 Å². The molecule has 1 aromatic carbocycles. The van der Waals surface area contributed by atoms with Crippen LogP contribution in [0, 0.1) is 0 Å². The van der Waals surface area contributed by atoms with Crippen LogP contribution in [0.4, 0.5) is 5.69 Å². The van der Waals surface area contributed by atoms with Gasteiger partial charge in [0.2, 0.25) is 6.79 Å². The van der Waals surface area contributed by atoms with Crippen LogP contribution in [-0.4, -0.2) is 30.3 Å². The van der Waals surface area contributed by atoms with Crippen LogP contribution in [-0.2, 0) is 9.53 Å². The average Bonchev–Trinajstić information content (AvgIpc) is 3.05. The summed E-state index contributed by atoms with van der Waals surface area (Å²) >= 11 is 17.5. The Bertz CT molecular complexity index is 859. The SMILES string of the molecule is O=C(COC(=O)c1ncc(Cl)c(Cl)c1Cl)Nc1ccc2c(c1)OCO2. The van der Waals surface area contributed by atoms with Crippen LogP contribution in [0.25, 0.3) is 0 Å². The number of carbonyl (C=O) groups is 2. The van der Waals surface area contributed by atoms with Gasteiger partial charge in [0.1, 0.15) is 0 Å². The van der Waals surface area contributed by atoms with Crippen LogP contribution in [0.2, 0.25) is 15.1 Å². The number of halogens is 3. The number of amides is 1. The molecule has 0 atom stereocenters. The van der Waals surface area contributed by atoms with Crippen LogP contribution < -0.4 is 14.8 Å². The molecule has 0 saturated heterocycles. The molecule has 0 aliphatic carbocycles. The minimum absolute atomic E-state index is 0.0184. The van der Waals surface area contributed by atoms with Gasteiger partial charge in [-0.3, -0.25) is 4.79 Å². The third-order valence-corrected chi connectivity index (χ3v) is 4.34. The van der Waals surface area contributed by atoms with Gasteiger partial charge in [-0.15, -0.1) is 0 Å². The van der Waals surface area contributed by atoms with Gasteiger partial charge in [-0.05, 0) is 12.1 Å². The highest BCUT2D eigenvalue weighted by Gasteiger charge is 2.20. The summed E-state index contributed by atoms with van der Waals surface area (Å²) in [6, 6.07) is 4.88. The largest absolute Gasteiger partial charge is 0.454 e. The van der Waals surface area contributed by atoms with Crippen molar-refractivity contribution < 1.29 is 23.8 Å². The molecule has 10 heteroatoms. The Balaban J connectivity index is 1.59. The standard InChI is InChI=1S/C15H9Cl3N2O5/c16-8-4-19-14(13(18)12(8)17)15(22)23-5-11(21)20-7-1-2-9-10(3-7)25-6-24-9/h1-4H,5-6H2,(H,20,21). The molecule has 2 aromatic rings. The lowest BCUT2D eigenvalue weighted by Gasteiger charge is -2.08. The lowest BCUT2D eigenvalue weighted by Crippen LogP contribution is -2.21. The zero-order valence-corrected chi connectivity index (χ0v) is 14.6. The van der Waals surface area contributed by atoms with Gasteiger partial charge >= 0.3 is 5.97 Å². The van der Waals surface area contributed by atoms with E-state index in [0.717, 1.165) is 0 Å². The maximum Gasteiger partial charge on any atom is 0.359 e. The molecular weight excluding hydrogens is 395 g/mol. The Hall–Kier alpha value is -2.22. The molecule has 2 heterocycles. The van der Waals surface area contributed by atoms with E-state index in [1.54, 1.807) is 18.2 Å². The van der Waals surface area contributed by atoms with Crippen molar-refractivity contribution in [1.29, 1.82) is 0 Å². The number of rotatable bonds is 4. The van der Waals surface area contributed by atoms with Crippen LogP contribution >= 0.6 is 34.8 Å². The molecule has 0 radical (unpaired) electrons. The second-order valence-corrected chi connectivity index (χ2v) is 5.94. The van der Waals surface area contributed by atoms with E-state index >= 15 is 0 Å². The molecule has 130 valence electrons. The third kappa shape index (κ3) is 3.89. The number of hydrogen-bond donors (Lipinski definition) is 1. The van der Waals surface area contributed by atoms with Gasteiger partial charge in [0, 0.05) is 18.0 Å². The summed E-state index contributed by atoms with van der Waals surface area (Å²) in [5, 5.41) is 2.50. The van der Waals surface area contributed by atoms with Gasteiger partial charge in [0.15, 0.2) is 23.8 Å². The van der Waals surface area contributed by atoms with Gasteiger partial charge in [-0.2, -0.15) is 0 Å². The average molecular weight is 404 g/mol. The van der Waals surface area contributed by atoms with Crippen molar-refractivity contribution in [2.45, 2.75) is 0 Å². The molecule has 1 aliphatic rings. The highest BCUT2D eigenvalue weighted by molar-refractivity contribution is 6.48. The summed E-state index contributed by atoms with van der Waals surface area (Å²) in [4.78, 5) is 27.6. The van der Waals surface area contributed by atoms with Crippen LogP contribution in [0.3, 0.4) is 0 Å². The second kappa shape index (κ2) is 7.35. The lowest BCUT2D eigenvalue weighted by molar-refractivity contribution is -0.119. The van der Waals surface area contributed by atoms with E-state index in [2.05, 4.69) is 10.3 Å². The molecule has 25 heavy (non-hydrogen) atoms. The fourth-order valence-corrected chi connectivity index (χ4v) is 2.51. The van der Waals surface area contributed by atoms with Gasteiger partial charge in [-0.25, -0.2) is 9.78 Å². The molecule has 1 aliphatic heterocycles. The first-order valence-corrected chi connectivity index (χ1v) is 7.95. The quantitative estimate of drug-likeness (QED) is 0.786. The van der Waals surface area contributed by atoms with E-state index in [1.807, 2.05) is 0 Å². The number of nitrogens with one attached hydrogen (secondary N) is 1. The molecule has 0 saturated carbocycles. The fourth-order valence-electron chi connectivity index (χ4n) is 1.96. The van der Waals surface area contributed by atoms with Crippen LogP contribution in [0.5, 0.6) is 11.5 Å². The van der Waals surface area contributed by atoms with Crippen molar-refractivity contribution in [2.75, 3.05) is 18.7 Å². The first kappa shape index (κ1) is 17.6. The maximum atomic E-state index is 12.0. The number of hydrogen-bond acceptors (Lipinski definition) is 6. The number of carbonyl (C=O) groups excluding carboxylic acids is 2. The summed E-state index contributed by atoms with van der Waals surface area (Å²) in [5.41, 5.74) is 0.239. The third-order valence-electron chi connectivity index (χ3n) is 3.10. The number of ether oxygens (including phenoxy) is 3. The first-order chi connectivity index (χ1) is 12.0. The van der Waals surface area contributed by atoms with Gasteiger partial charge in [0.05, 0.1) is 15.1 Å². The summed E-state index contributed by atoms with van der Waals surface area (Å²) in [6.07, 6.45) is 1.17. The summed E-state index contributed by atoms with van der Waals surface area (Å²) in [6.45, 7) is -0.409. The van der Waals surface area contributed by atoms with E-state index in [4.69, 9.17) is 49.0 Å². The van der Waals surface area contributed by atoms with Gasteiger partial charge in [-0.1, -0.05) is 34.8 Å². The molecule has 0 spiro atoms. The number of pyridine rings is 1. The number of nitrogens with zero attached hydrogens (tertiary/aromatic N) is 1. The number of anilines is 1. The van der Waals surface area contributed by atoms with E-state index in [0.29, 0.717) is 17.2 Å². The second-order valence-electron chi connectivity index (χ2n) is 4.78. The van der Waals surface area contributed by atoms with Gasteiger partial charge in [0.25, 0.3) is 5.91 Å². The molecular formula is C15H9Cl3N2O5. The Labute approximate surface area is 156 Å². The molecule has 1 aromatic heterocycles. The van der Waals surface area contributed by atoms with Crippen molar-refractivity contribution in [2.24, 2.45) is 0 Å². The number of esters is 1. The van der Waals surface area contributed by atoms with Crippen molar-refractivity contribution in [3.05, 3.63) is 45.2 Å². The minimum atomic E-state index is -0.899. The van der Waals surface area contributed by atoms with Crippen molar-refractivity contribution >= 4 is 52.4 Å². The topological polar surface area (TPSA) is 86.8 Å². The van der Waals surface area contributed by atoms with Crippen molar-refractivity contribution in [3.8, 4) is 11.5 Å². The predicted octanol–water partition coefficient (Wildman–Crippen LogP) is 3.57. The number of aromatic nitrogens is 1. The Kier molecular flexibility index (Phi) is 5.17. The summed E-state index contributed by atoms with van der Waals surface area (Å²) < 4.78 is 15.3. The molecule has 7 nitrogen and oxygen atoms in total. The lowest BCUT2D eigenvalue weighted by atomic mass is 10.3. The maximum absolute atomic E-state index is 12.0. The number of benzene rings is 1. The zero-order valence-electron chi connectivity index (χ0n) is 12.3. The molecule has 0 bridgehead atoms. The Morgan fingerprint density at radius 2 is 1.92 bits per heavy atom. The number of fused-ring (bicyclic) bond motifs is 1. The molecule has 1 N–H and O–H groups in total. The summed E-state index contributed by atoms with van der Waals surface area (Å²) in [7, 11) is 0. The molecule has 1 amide bonds. The fraction of sp³-hybridized carbons (Fsp3) is 0.133. The molecule has 3 rings (SSSR count). The Morgan fingerprint density at radius 1 is 1.16 bits per heavy atom. The zero-order chi connectivity index (χ0) is 18.0. The van der Waals surface area contributed by atoms with Crippen LogP contribution in [0.1, 0.15) is 10.5 Å². The monoisotopic (exact) mass is 402 g/mol. The molecule has 0 unspecified atom stereocenters. The Morgan fingerprint density at radius 3 is 2.72 bits per heavy atom. The van der Waals surface area contributed by atoms with Crippen LogP contribution in [0.15, 0.2) is 24.4 Å². The van der Waals surface area contributed by atoms with E-state index < -0.39 is 18.5 Å². The summed E-state index contributed by atoms with van der Waals surface area (Å²) in [5.74, 6) is -0.348. The van der Waals surface area contributed by atoms with E-state index in [9.17, 15) is 9.59 Å².